The lowest BCUT2D eigenvalue weighted by Crippen LogP contribution is -2.24. The fourth-order valence-corrected chi connectivity index (χ4v) is 4.12. The number of thiazole rings is 1. The summed E-state index contributed by atoms with van der Waals surface area (Å²) in [6.45, 7) is 5.26. The van der Waals surface area contributed by atoms with E-state index in [0.717, 1.165) is 42.3 Å². The van der Waals surface area contributed by atoms with Gasteiger partial charge in [0.05, 0.1) is 11.8 Å². The highest BCUT2D eigenvalue weighted by Gasteiger charge is 2.32. The van der Waals surface area contributed by atoms with Crippen LogP contribution in [-0.2, 0) is 4.74 Å². The number of anilines is 1. The van der Waals surface area contributed by atoms with Gasteiger partial charge in [-0.15, -0.1) is 11.3 Å². The number of fused-ring (bicyclic) bond motifs is 1. The van der Waals surface area contributed by atoms with Crippen LogP contribution in [0.15, 0.2) is 11.6 Å². The molecule has 5 nitrogen and oxygen atoms in total. The summed E-state index contributed by atoms with van der Waals surface area (Å²) in [5.41, 5.74) is 2.33. The van der Waals surface area contributed by atoms with Gasteiger partial charge in [0.25, 0.3) is 0 Å². The minimum absolute atomic E-state index is 0.150. The summed E-state index contributed by atoms with van der Waals surface area (Å²) in [5, 5.41) is 11.6. The Bertz CT molecular complexity index is 636. The van der Waals surface area contributed by atoms with Gasteiger partial charge in [-0.25, -0.2) is 9.67 Å². The molecule has 0 bridgehead atoms. The predicted octanol–water partition coefficient (Wildman–Crippen LogP) is 3.29. The second-order valence-electron chi connectivity index (χ2n) is 5.92. The molecular formula is C15H20N4OS. The quantitative estimate of drug-likeness (QED) is 0.925. The van der Waals surface area contributed by atoms with Gasteiger partial charge in [-0.2, -0.15) is 5.10 Å². The second kappa shape index (κ2) is 5.10. The van der Waals surface area contributed by atoms with E-state index in [1.54, 1.807) is 11.3 Å². The predicted molar refractivity (Wildman–Crippen MR) is 82.8 cm³/mol. The maximum absolute atomic E-state index is 6.02. The van der Waals surface area contributed by atoms with Gasteiger partial charge in [-0.1, -0.05) is 0 Å². The summed E-state index contributed by atoms with van der Waals surface area (Å²) in [6.07, 6.45) is 5.59. The number of hydrogen-bond acceptors (Lipinski definition) is 5. The van der Waals surface area contributed by atoms with E-state index in [0.29, 0.717) is 6.10 Å². The van der Waals surface area contributed by atoms with E-state index in [4.69, 9.17) is 9.84 Å². The number of nitrogens with zero attached hydrogens (tertiary/aromatic N) is 3. The molecule has 0 aliphatic carbocycles. The largest absolute Gasteiger partial charge is 0.370 e. The third-order valence-electron chi connectivity index (χ3n) is 4.46. The molecule has 4 heterocycles. The summed E-state index contributed by atoms with van der Waals surface area (Å²) in [5.74, 6) is 1.14. The highest BCUT2D eigenvalue weighted by Crippen LogP contribution is 2.39. The summed E-state index contributed by atoms with van der Waals surface area (Å²) in [7, 11) is 0. The van der Waals surface area contributed by atoms with Gasteiger partial charge < -0.3 is 10.1 Å². The maximum Gasteiger partial charge on any atom is 0.128 e. The number of hydrogen-bond donors (Lipinski definition) is 1. The fraction of sp³-hybridized carbons (Fsp3) is 0.600. The van der Waals surface area contributed by atoms with Gasteiger partial charge >= 0.3 is 0 Å². The Morgan fingerprint density at radius 1 is 1.38 bits per heavy atom. The van der Waals surface area contributed by atoms with Crippen LogP contribution >= 0.6 is 11.3 Å². The summed E-state index contributed by atoms with van der Waals surface area (Å²) < 4.78 is 8.14. The maximum atomic E-state index is 6.02. The number of nitrogens with one attached hydrogen (secondary N) is 1. The average Bonchev–Trinajstić information content (AvgIpc) is 3.19. The zero-order valence-corrected chi connectivity index (χ0v) is 13.2. The smallest absolute Gasteiger partial charge is 0.128 e. The first-order valence-electron chi connectivity index (χ1n) is 7.61. The summed E-state index contributed by atoms with van der Waals surface area (Å²) in [4.78, 5) is 4.49. The Hall–Kier alpha value is -1.40. The van der Waals surface area contributed by atoms with Gasteiger partial charge in [0.1, 0.15) is 23.0 Å². The Labute approximate surface area is 128 Å². The molecule has 3 atom stereocenters. The van der Waals surface area contributed by atoms with E-state index in [9.17, 15) is 0 Å². The summed E-state index contributed by atoms with van der Waals surface area (Å²) in [6, 6.07) is 0.257. The molecule has 1 saturated heterocycles. The van der Waals surface area contributed by atoms with Crippen LogP contribution in [-0.4, -0.2) is 27.4 Å². The minimum Gasteiger partial charge on any atom is -0.370 e. The first-order chi connectivity index (χ1) is 10.2. The molecule has 4 rings (SSSR count). The zero-order chi connectivity index (χ0) is 14.4. The highest BCUT2D eigenvalue weighted by molar-refractivity contribution is 7.09. The topological polar surface area (TPSA) is 52.0 Å². The lowest BCUT2D eigenvalue weighted by Gasteiger charge is -2.24. The van der Waals surface area contributed by atoms with E-state index in [1.807, 2.05) is 11.6 Å². The van der Waals surface area contributed by atoms with Crippen molar-refractivity contribution in [2.75, 3.05) is 11.9 Å². The van der Waals surface area contributed by atoms with Crippen LogP contribution in [0.3, 0.4) is 0 Å². The number of aromatic nitrogens is 3. The van der Waals surface area contributed by atoms with Crippen molar-refractivity contribution in [1.29, 1.82) is 0 Å². The third kappa shape index (κ3) is 2.17. The number of rotatable bonds is 2. The SMILES string of the molecule is Cc1c(C2CCC(C)O2)nn2c1NCCC2c1nccs1. The van der Waals surface area contributed by atoms with Crippen LogP contribution < -0.4 is 5.32 Å². The van der Waals surface area contributed by atoms with Crippen LogP contribution in [0.5, 0.6) is 0 Å². The third-order valence-corrected chi connectivity index (χ3v) is 5.34. The molecule has 0 aromatic carbocycles. The Morgan fingerprint density at radius 2 is 2.29 bits per heavy atom. The molecule has 6 heteroatoms. The van der Waals surface area contributed by atoms with Crippen molar-refractivity contribution in [2.24, 2.45) is 0 Å². The van der Waals surface area contributed by atoms with E-state index in [-0.39, 0.29) is 12.1 Å². The van der Waals surface area contributed by atoms with Crippen LogP contribution in [0.1, 0.15) is 54.6 Å². The molecule has 112 valence electrons. The van der Waals surface area contributed by atoms with Crippen LogP contribution in [0.4, 0.5) is 5.82 Å². The molecule has 0 spiro atoms. The molecular weight excluding hydrogens is 284 g/mol. The molecule has 0 saturated carbocycles. The molecule has 21 heavy (non-hydrogen) atoms. The van der Waals surface area contributed by atoms with E-state index < -0.39 is 0 Å². The minimum atomic E-state index is 0.150. The molecule has 0 radical (unpaired) electrons. The molecule has 0 amide bonds. The zero-order valence-electron chi connectivity index (χ0n) is 12.4. The Kier molecular flexibility index (Phi) is 3.23. The summed E-state index contributed by atoms with van der Waals surface area (Å²) >= 11 is 1.71. The number of ether oxygens (including phenoxy) is 1. The molecule has 1 N–H and O–H groups in total. The van der Waals surface area contributed by atoms with E-state index in [2.05, 4.69) is 28.8 Å². The van der Waals surface area contributed by atoms with E-state index in [1.165, 1.54) is 5.56 Å². The average molecular weight is 304 g/mol. The highest BCUT2D eigenvalue weighted by atomic mass is 32.1. The fourth-order valence-electron chi connectivity index (χ4n) is 3.36. The Morgan fingerprint density at radius 3 is 3.00 bits per heavy atom. The lowest BCUT2D eigenvalue weighted by atomic mass is 10.1. The van der Waals surface area contributed by atoms with Gasteiger partial charge in [-0.05, 0) is 33.1 Å². The molecule has 2 aliphatic heterocycles. The molecule has 2 aliphatic rings. The van der Waals surface area contributed by atoms with Crippen molar-refractivity contribution in [1.82, 2.24) is 14.8 Å². The van der Waals surface area contributed by atoms with Gasteiger partial charge in [0, 0.05) is 23.7 Å². The molecule has 2 aromatic rings. The molecule has 3 unspecified atom stereocenters. The lowest BCUT2D eigenvalue weighted by molar-refractivity contribution is 0.0522. The van der Waals surface area contributed by atoms with Crippen molar-refractivity contribution in [3.05, 3.63) is 27.8 Å². The molecule has 1 fully saturated rings. The van der Waals surface area contributed by atoms with Crippen molar-refractivity contribution in [3.8, 4) is 0 Å². The van der Waals surface area contributed by atoms with Crippen molar-refractivity contribution < 1.29 is 4.74 Å². The Balaban J connectivity index is 1.73. The van der Waals surface area contributed by atoms with Crippen molar-refractivity contribution in [3.63, 3.8) is 0 Å². The van der Waals surface area contributed by atoms with Crippen LogP contribution in [0.25, 0.3) is 0 Å². The normalized spacial score (nSPS) is 28.4. The van der Waals surface area contributed by atoms with Crippen molar-refractivity contribution in [2.45, 2.75) is 51.4 Å². The van der Waals surface area contributed by atoms with Crippen molar-refractivity contribution >= 4 is 17.2 Å². The van der Waals surface area contributed by atoms with Gasteiger partial charge in [0.15, 0.2) is 0 Å². The first kappa shape index (κ1) is 13.3. The monoisotopic (exact) mass is 304 g/mol. The van der Waals surface area contributed by atoms with Crippen LogP contribution in [0.2, 0.25) is 0 Å². The first-order valence-corrected chi connectivity index (χ1v) is 8.49. The van der Waals surface area contributed by atoms with Crippen LogP contribution in [0, 0.1) is 6.92 Å². The second-order valence-corrected chi connectivity index (χ2v) is 6.84. The standard InChI is InChI=1S/C15H20N4OS/c1-9-3-4-12(20-9)13-10(2)14-16-6-5-11(19(14)18-13)15-17-7-8-21-15/h7-9,11-12,16H,3-6H2,1-2H3. The molecule has 2 aromatic heterocycles. The van der Waals surface area contributed by atoms with E-state index >= 15 is 0 Å². The van der Waals surface area contributed by atoms with Gasteiger partial charge in [-0.3, -0.25) is 0 Å². The van der Waals surface area contributed by atoms with Gasteiger partial charge in [0.2, 0.25) is 0 Å².